The molecule has 0 bridgehead atoms. The lowest BCUT2D eigenvalue weighted by Crippen LogP contribution is -2.70. The fourth-order valence-corrected chi connectivity index (χ4v) is 9.54. The largest absolute Gasteiger partial charge is 0.489 e. The summed E-state index contributed by atoms with van der Waals surface area (Å²) in [5, 5.41) is 36.0. The van der Waals surface area contributed by atoms with Gasteiger partial charge in [-0.25, -0.2) is 13.6 Å². The maximum atomic E-state index is 14.9. The van der Waals surface area contributed by atoms with E-state index in [1.165, 1.54) is 47.4 Å². The molecule has 344 valence electrons. The first-order chi connectivity index (χ1) is 31.6. The molecule has 2 N–H and O–H groups in total. The van der Waals surface area contributed by atoms with Gasteiger partial charge in [-0.3, -0.25) is 15.0 Å². The van der Waals surface area contributed by atoms with E-state index in [4.69, 9.17) is 28.9 Å². The van der Waals surface area contributed by atoms with E-state index >= 15 is 0 Å². The molecule has 13 nitrogen and oxygen atoms in total. The zero-order valence-corrected chi connectivity index (χ0v) is 36.4. The third kappa shape index (κ3) is 10.5. The third-order valence-electron chi connectivity index (χ3n) is 12.4. The van der Waals surface area contributed by atoms with Crippen molar-refractivity contribution in [2.24, 2.45) is 22.9 Å². The van der Waals surface area contributed by atoms with E-state index in [1.807, 2.05) is 13.0 Å². The summed E-state index contributed by atoms with van der Waals surface area (Å²) in [6.45, 7) is 5.98. The van der Waals surface area contributed by atoms with Crippen LogP contribution >= 0.6 is 0 Å². The van der Waals surface area contributed by atoms with Gasteiger partial charge in [0.1, 0.15) is 48.1 Å². The Hall–Kier alpha value is -6.16. The number of carbonyl (C=O) groups excluding carboxylic acids is 1. The lowest BCUT2D eigenvalue weighted by Gasteiger charge is -2.59. The Bertz CT molecular complexity index is 2340. The average molecular weight is 896 g/mol. The Kier molecular flexibility index (Phi) is 15.6. The highest BCUT2D eigenvalue weighted by Gasteiger charge is 2.65. The summed E-state index contributed by atoms with van der Waals surface area (Å²) >= 11 is 0. The van der Waals surface area contributed by atoms with Gasteiger partial charge in [0.05, 0.1) is 23.2 Å². The molecular weight excluding hydrogens is 841 g/mol. The molecule has 6 atom stereocenters. The second-order valence-corrected chi connectivity index (χ2v) is 16.4. The first-order valence-electron chi connectivity index (χ1n) is 22.1. The topological polar surface area (TPSA) is 162 Å². The quantitative estimate of drug-likeness (QED) is 0.0356. The monoisotopic (exact) mass is 895 g/mol. The van der Waals surface area contributed by atoms with Crippen LogP contribution in [0.2, 0.25) is 0 Å². The maximum absolute atomic E-state index is 14.9. The number of fused-ring (bicyclic) bond motifs is 2. The minimum atomic E-state index is -1.65. The molecule has 1 fully saturated rings. The number of carbonyl (C=O) groups is 1. The minimum absolute atomic E-state index is 0.000992. The van der Waals surface area contributed by atoms with Crippen LogP contribution in [-0.4, -0.2) is 70.1 Å². The van der Waals surface area contributed by atoms with Gasteiger partial charge in [0, 0.05) is 55.4 Å². The number of ether oxygens (including phenoxy) is 4. The second-order valence-electron chi connectivity index (χ2n) is 16.4. The first-order valence-corrected chi connectivity index (χ1v) is 22.1. The highest BCUT2D eigenvalue weighted by Crippen LogP contribution is 2.62. The molecule has 7 rings (SSSR count). The Balaban J connectivity index is 1.43. The molecule has 4 aromatic rings. The second kappa shape index (κ2) is 21.7. The summed E-state index contributed by atoms with van der Waals surface area (Å²) < 4.78 is 55.7. The Morgan fingerprint density at radius 3 is 2.40 bits per heavy atom. The summed E-state index contributed by atoms with van der Waals surface area (Å²) in [6, 6.07) is 21.8. The third-order valence-corrected chi connectivity index (χ3v) is 12.4. The van der Waals surface area contributed by atoms with Crippen LogP contribution in [0, 0.1) is 39.5 Å². The van der Waals surface area contributed by atoms with Gasteiger partial charge >= 0.3 is 6.09 Å². The van der Waals surface area contributed by atoms with Crippen molar-refractivity contribution >= 4 is 17.5 Å². The van der Waals surface area contributed by atoms with E-state index < -0.39 is 34.6 Å². The van der Waals surface area contributed by atoms with E-state index in [1.54, 1.807) is 48.5 Å². The highest BCUT2D eigenvalue weighted by molar-refractivity contribution is 6.03. The number of benzene rings is 4. The van der Waals surface area contributed by atoms with Crippen LogP contribution in [0.25, 0.3) is 0 Å². The van der Waals surface area contributed by atoms with Crippen LogP contribution in [0.4, 0.5) is 19.3 Å². The van der Waals surface area contributed by atoms with Gasteiger partial charge < -0.3 is 34.0 Å². The molecule has 1 saturated carbocycles. The molecule has 1 aliphatic heterocycles. The maximum Gasteiger partial charge on any atom is 0.416 e. The van der Waals surface area contributed by atoms with Crippen molar-refractivity contribution in [1.29, 1.82) is 0 Å². The van der Waals surface area contributed by atoms with E-state index in [9.17, 15) is 33.9 Å². The molecule has 1 heterocycles. The van der Waals surface area contributed by atoms with Gasteiger partial charge in [-0.15, -0.1) is 6.58 Å². The smallest absolute Gasteiger partial charge is 0.416 e. The molecule has 65 heavy (non-hydrogen) atoms. The number of unbranched alkanes of at least 4 members (excludes halogenated alkanes) is 2. The standard InChI is InChI=1S/C50H55F2N3O10/c1-3-27-62-50-46(54(31-33-15-17-36(51)18-16-33)49(58)64-38-21-19-37(20-22-38)55(59)60)30-44(53-63-4-2)41-28-34(11-7-9-25-56)40(13-8-10-26-57)47(48(41)50)42-29-39(23-24-45(42)65-50)61-32-35-12-5-6-14-43(35)52/h3,5-6,12,14-24,28-29,34,40,46-48,56-57H,1,4,7-11,13,25-27,30-32H2,2H3. The summed E-state index contributed by atoms with van der Waals surface area (Å²) in [4.78, 5) is 33.1. The number of non-ortho nitro benzene ring substituents is 1. The van der Waals surface area contributed by atoms with Crippen LogP contribution in [0.1, 0.15) is 74.5 Å². The lowest BCUT2D eigenvalue weighted by molar-refractivity contribution is -0.384. The van der Waals surface area contributed by atoms with Crippen molar-refractivity contribution in [3.63, 3.8) is 0 Å². The van der Waals surface area contributed by atoms with Gasteiger partial charge in [-0.2, -0.15) is 0 Å². The van der Waals surface area contributed by atoms with Crippen molar-refractivity contribution in [3.8, 4) is 17.2 Å². The van der Waals surface area contributed by atoms with Crippen molar-refractivity contribution in [3.05, 3.63) is 154 Å². The van der Waals surface area contributed by atoms with E-state index in [-0.39, 0.29) is 81.0 Å². The zero-order chi connectivity index (χ0) is 45.9. The number of halogens is 2. The summed E-state index contributed by atoms with van der Waals surface area (Å²) in [7, 11) is 0. The number of rotatable bonds is 21. The highest BCUT2D eigenvalue weighted by atomic mass is 19.1. The van der Waals surface area contributed by atoms with E-state index in [0.29, 0.717) is 54.0 Å². The van der Waals surface area contributed by atoms with Crippen molar-refractivity contribution in [2.45, 2.75) is 82.8 Å². The summed E-state index contributed by atoms with van der Waals surface area (Å²) in [5.41, 5.74) is 2.94. The molecule has 3 aliphatic rings. The molecule has 6 unspecified atom stereocenters. The lowest BCUT2D eigenvalue weighted by atomic mass is 9.55. The molecule has 0 aromatic heterocycles. The number of oxime groups is 1. The molecule has 0 saturated heterocycles. The van der Waals surface area contributed by atoms with E-state index in [0.717, 1.165) is 24.0 Å². The predicted octanol–water partition coefficient (Wildman–Crippen LogP) is 9.81. The number of aliphatic hydroxyl groups excluding tert-OH is 2. The summed E-state index contributed by atoms with van der Waals surface area (Å²) in [5.74, 6) is -2.67. The zero-order valence-electron chi connectivity index (χ0n) is 36.4. The van der Waals surface area contributed by atoms with Gasteiger partial charge in [-0.05, 0) is 104 Å². The van der Waals surface area contributed by atoms with Crippen LogP contribution in [-0.2, 0) is 22.7 Å². The number of nitro benzene ring substituents is 1. The van der Waals surface area contributed by atoms with E-state index in [2.05, 4.69) is 12.7 Å². The predicted molar refractivity (Wildman–Crippen MR) is 238 cm³/mol. The number of allylic oxidation sites excluding steroid dienone is 1. The molecule has 0 radical (unpaired) electrons. The molecule has 4 aromatic carbocycles. The number of amides is 1. The van der Waals surface area contributed by atoms with Crippen molar-refractivity contribution in [1.82, 2.24) is 4.90 Å². The van der Waals surface area contributed by atoms with Crippen LogP contribution in [0.5, 0.6) is 17.2 Å². The Morgan fingerprint density at radius 2 is 1.71 bits per heavy atom. The fraction of sp³-hybridized carbons (Fsp3) is 0.400. The van der Waals surface area contributed by atoms with Gasteiger partial charge in [0.15, 0.2) is 0 Å². The van der Waals surface area contributed by atoms with Crippen LogP contribution < -0.4 is 14.2 Å². The fourth-order valence-electron chi connectivity index (χ4n) is 9.54. The normalized spacial score (nSPS) is 22.4. The van der Waals surface area contributed by atoms with Gasteiger partial charge in [0.25, 0.3) is 5.69 Å². The number of hydrogen-bond donors (Lipinski definition) is 2. The first kappa shape index (κ1) is 46.8. The van der Waals surface area contributed by atoms with Gasteiger partial charge in [-0.1, -0.05) is 60.5 Å². The number of hydrogen-bond acceptors (Lipinski definition) is 11. The molecule has 2 aliphatic carbocycles. The van der Waals surface area contributed by atoms with Crippen molar-refractivity contribution in [2.75, 3.05) is 26.4 Å². The molecular formula is C50H55F2N3O10. The van der Waals surface area contributed by atoms with Crippen LogP contribution in [0.3, 0.4) is 0 Å². The minimum Gasteiger partial charge on any atom is -0.489 e. The van der Waals surface area contributed by atoms with Crippen molar-refractivity contribution < 1.29 is 52.5 Å². The van der Waals surface area contributed by atoms with Crippen LogP contribution in [0.15, 0.2) is 120 Å². The van der Waals surface area contributed by atoms with Gasteiger partial charge in [0.2, 0.25) is 5.79 Å². The molecule has 0 spiro atoms. The molecule has 1 amide bonds. The Labute approximate surface area is 377 Å². The number of nitrogens with zero attached hydrogens (tertiary/aromatic N) is 3. The molecule has 15 heteroatoms. The number of aliphatic hydroxyl groups is 2. The average Bonchev–Trinajstić information content (AvgIpc) is 3.31. The Morgan fingerprint density at radius 1 is 0.985 bits per heavy atom. The SMILES string of the molecule is C=CCOC12Oc3ccc(OCc4ccccc4F)cc3C3C(CCCCO)C(CCCCO)C=C(C(=NOCC)CC1N(Cc1ccc(F)cc1)C(=O)Oc1ccc([N+](=O)[O-])cc1)C32. The number of nitro groups is 1. The summed E-state index contributed by atoms with van der Waals surface area (Å²) in [6.07, 6.45) is 7.09.